The zero-order valence-corrected chi connectivity index (χ0v) is 14.2. The highest BCUT2D eigenvalue weighted by Crippen LogP contribution is 2.37. The molecule has 0 spiro atoms. The SMILES string of the molecule is CCCNCCNS(=O)(=O)c1cc2c(cc1Br)OCCO2. The summed E-state index contributed by atoms with van der Waals surface area (Å²) in [6.07, 6.45) is 1.01. The Bertz CT molecular complexity index is 592. The van der Waals surface area contributed by atoms with Crippen molar-refractivity contribution in [2.45, 2.75) is 18.2 Å². The molecular formula is C13H19BrN2O4S. The van der Waals surface area contributed by atoms with Crippen molar-refractivity contribution in [3.8, 4) is 11.5 Å². The van der Waals surface area contributed by atoms with Crippen LogP contribution in [0, 0.1) is 0 Å². The normalized spacial score (nSPS) is 14.2. The first kappa shape index (κ1) is 16.5. The Hall–Kier alpha value is -0.830. The number of halogens is 1. The number of rotatable bonds is 7. The van der Waals surface area contributed by atoms with Crippen molar-refractivity contribution in [2.75, 3.05) is 32.8 Å². The van der Waals surface area contributed by atoms with E-state index in [9.17, 15) is 8.42 Å². The lowest BCUT2D eigenvalue weighted by atomic mass is 10.3. The van der Waals surface area contributed by atoms with E-state index in [1.807, 2.05) is 0 Å². The minimum absolute atomic E-state index is 0.155. The molecule has 0 saturated carbocycles. The molecule has 0 aromatic heterocycles. The molecule has 1 heterocycles. The summed E-state index contributed by atoms with van der Waals surface area (Å²) in [7, 11) is -3.58. The lowest BCUT2D eigenvalue weighted by molar-refractivity contribution is 0.171. The molecule has 2 rings (SSSR count). The fraction of sp³-hybridized carbons (Fsp3) is 0.538. The maximum Gasteiger partial charge on any atom is 0.241 e. The monoisotopic (exact) mass is 378 g/mol. The molecule has 1 aliphatic heterocycles. The van der Waals surface area contributed by atoms with Gasteiger partial charge in [0.1, 0.15) is 18.1 Å². The van der Waals surface area contributed by atoms with Gasteiger partial charge in [0, 0.05) is 23.6 Å². The summed E-state index contributed by atoms with van der Waals surface area (Å²) in [5.74, 6) is 1.01. The Morgan fingerprint density at radius 3 is 2.48 bits per heavy atom. The Balaban J connectivity index is 2.09. The highest BCUT2D eigenvalue weighted by Gasteiger charge is 2.22. The van der Waals surface area contributed by atoms with Crippen LogP contribution < -0.4 is 19.5 Å². The average Bonchev–Trinajstić information content (AvgIpc) is 2.46. The lowest BCUT2D eigenvalue weighted by Crippen LogP contribution is -2.32. The average molecular weight is 379 g/mol. The summed E-state index contributed by atoms with van der Waals surface area (Å²) in [5.41, 5.74) is 0. The summed E-state index contributed by atoms with van der Waals surface area (Å²) in [5, 5.41) is 3.14. The molecule has 6 nitrogen and oxygen atoms in total. The first-order chi connectivity index (χ1) is 10.0. The molecule has 0 aliphatic carbocycles. The number of fused-ring (bicyclic) bond motifs is 1. The van der Waals surface area contributed by atoms with Crippen molar-refractivity contribution < 1.29 is 17.9 Å². The van der Waals surface area contributed by atoms with Crippen molar-refractivity contribution in [3.05, 3.63) is 16.6 Å². The molecule has 21 heavy (non-hydrogen) atoms. The van der Waals surface area contributed by atoms with E-state index in [0.717, 1.165) is 13.0 Å². The van der Waals surface area contributed by atoms with E-state index in [1.54, 1.807) is 6.07 Å². The summed E-state index contributed by atoms with van der Waals surface area (Å²) in [4.78, 5) is 0.155. The summed E-state index contributed by atoms with van der Waals surface area (Å²) in [6, 6.07) is 3.11. The quantitative estimate of drug-likeness (QED) is 0.703. The van der Waals surface area contributed by atoms with E-state index in [2.05, 4.69) is 32.9 Å². The van der Waals surface area contributed by atoms with E-state index in [0.29, 0.717) is 42.3 Å². The third kappa shape index (κ3) is 4.32. The number of benzene rings is 1. The molecular weight excluding hydrogens is 360 g/mol. The highest BCUT2D eigenvalue weighted by molar-refractivity contribution is 9.10. The molecule has 2 N–H and O–H groups in total. The number of hydrogen-bond acceptors (Lipinski definition) is 5. The summed E-state index contributed by atoms with van der Waals surface area (Å²) in [6.45, 7) is 4.74. The van der Waals surface area contributed by atoms with Crippen LogP contribution in [-0.4, -0.2) is 41.3 Å². The standard InChI is InChI=1S/C13H19BrN2O4S/c1-2-3-15-4-5-16-21(17,18)13-9-12-11(8-10(13)14)19-6-7-20-12/h8-9,15-16H,2-7H2,1H3. The number of sulfonamides is 1. The van der Waals surface area contributed by atoms with Crippen LogP contribution in [0.25, 0.3) is 0 Å². The van der Waals surface area contributed by atoms with Crippen molar-refractivity contribution in [1.82, 2.24) is 10.0 Å². The smallest absolute Gasteiger partial charge is 0.241 e. The molecule has 0 amide bonds. The predicted octanol–water partition coefficient (Wildman–Crippen LogP) is 1.50. The van der Waals surface area contributed by atoms with Crippen LogP contribution in [0.1, 0.15) is 13.3 Å². The van der Waals surface area contributed by atoms with Gasteiger partial charge in [0.15, 0.2) is 11.5 Å². The van der Waals surface area contributed by atoms with Gasteiger partial charge in [-0.3, -0.25) is 0 Å². The Morgan fingerprint density at radius 1 is 1.14 bits per heavy atom. The van der Waals surface area contributed by atoms with E-state index in [1.165, 1.54) is 6.07 Å². The van der Waals surface area contributed by atoms with Gasteiger partial charge in [0.2, 0.25) is 10.0 Å². The van der Waals surface area contributed by atoms with Crippen LogP contribution >= 0.6 is 15.9 Å². The van der Waals surface area contributed by atoms with Crippen LogP contribution in [0.5, 0.6) is 11.5 Å². The predicted molar refractivity (Wildman–Crippen MR) is 83.5 cm³/mol. The zero-order valence-electron chi connectivity index (χ0n) is 11.8. The van der Waals surface area contributed by atoms with E-state index >= 15 is 0 Å². The second-order valence-corrected chi connectivity index (χ2v) is 7.16. The lowest BCUT2D eigenvalue weighted by Gasteiger charge is -2.20. The second kappa shape index (κ2) is 7.44. The summed E-state index contributed by atoms with van der Waals surface area (Å²) >= 11 is 3.27. The van der Waals surface area contributed by atoms with Gasteiger partial charge in [0.05, 0.1) is 0 Å². The largest absolute Gasteiger partial charge is 0.486 e. The molecule has 0 fully saturated rings. The molecule has 1 aromatic rings. The van der Waals surface area contributed by atoms with E-state index in [4.69, 9.17) is 9.47 Å². The van der Waals surface area contributed by atoms with Gasteiger partial charge in [-0.05, 0) is 35.0 Å². The molecule has 118 valence electrons. The maximum absolute atomic E-state index is 12.3. The van der Waals surface area contributed by atoms with Crippen molar-refractivity contribution in [1.29, 1.82) is 0 Å². The number of ether oxygens (including phenoxy) is 2. The van der Waals surface area contributed by atoms with Crippen LogP contribution in [-0.2, 0) is 10.0 Å². The number of nitrogens with one attached hydrogen (secondary N) is 2. The van der Waals surface area contributed by atoms with Crippen molar-refractivity contribution >= 4 is 26.0 Å². The first-order valence-electron chi connectivity index (χ1n) is 6.84. The minimum Gasteiger partial charge on any atom is -0.486 e. The topological polar surface area (TPSA) is 76.7 Å². The van der Waals surface area contributed by atoms with Crippen molar-refractivity contribution in [3.63, 3.8) is 0 Å². The molecule has 0 saturated heterocycles. The third-order valence-electron chi connectivity index (χ3n) is 2.91. The molecule has 0 radical (unpaired) electrons. The molecule has 0 bridgehead atoms. The Morgan fingerprint density at radius 2 is 1.81 bits per heavy atom. The van der Waals surface area contributed by atoms with Crippen LogP contribution in [0.4, 0.5) is 0 Å². The van der Waals surface area contributed by atoms with Crippen LogP contribution in [0.15, 0.2) is 21.5 Å². The molecule has 8 heteroatoms. The van der Waals surface area contributed by atoms with Gasteiger partial charge in [0.25, 0.3) is 0 Å². The molecule has 0 unspecified atom stereocenters. The fourth-order valence-corrected chi connectivity index (χ4v) is 3.97. The van der Waals surface area contributed by atoms with E-state index < -0.39 is 10.0 Å². The maximum atomic E-state index is 12.3. The minimum atomic E-state index is -3.58. The third-order valence-corrected chi connectivity index (χ3v) is 5.33. The number of hydrogen-bond donors (Lipinski definition) is 2. The zero-order chi connectivity index (χ0) is 15.3. The molecule has 0 atom stereocenters. The van der Waals surface area contributed by atoms with Gasteiger partial charge in [-0.15, -0.1) is 0 Å². The fourth-order valence-electron chi connectivity index (χ4n) is 1.90. The Labute approximate surface area is 133 Å². The van der Waals surface area contributed by atoms with Crippen molar-refractivity contribution in [2.24, 2.45) is 0 Å². The van der Waals surface area contributed by atoms with Gasteiger partial charge in [-0.2, -0.15) is 0 Å². The van der Waals surface area contributed by atoms with Gasteiger partial charge in [-0.1, -0.05) is 6.92 Å². The van der Waals surface area contributed by atoms with Gasteiger partial charge >= 0.3 is 0 Å². The molecule has 1 aromatic carbocycles. The first-order valence-corrected chi connectivity index (χ1v) is 9.11. The summed E-state index contributed by atoms with van der Waals surface area (Å²) < 4.78 is 38.5. The van der Waals surface area contributed by atoms with Gasteiger partial charge in [-0.25, -0.2) is 13.1 Å². The second-order valence-electron chi connectivity index (χ2n) is 4.57. The van der Waals surface area contributed by atoms with Crippen LogP contribution in [0.3, 0.4) is 0 Å². The van der Waals surface area contributed by atoms with Crippen LogP contribution in [0.2, 0.25) is 0 Å². The van der Waals surface area contributed by atoms with E-state index in [-0.39, 0.29) is 4.90 Å². The van der Waals surface area contributed by atoms with Gasteiger partial charge < -0.3 is 14.8 Å². The molecule has 1 aliphatic rings. The highest BCUT2D eigenvalue weighted by atomic mass is 79.9. The Kier molecular flexibility index (Phi) is 5.86.